The molecule has 0 radical (unpaired) electrons. The number of halogens is 1. The fourth-order valence-corrected chi connectivity index (χ4v) is 4.57. The molecule has 0 N–H and O–H groups in total. The second-order valence-electron chi connectivity index (χ2n) is 6.88. The summed E-state index contributed by atoms with van der Waals surface area (Å²) in [6.45, 7) is 2.16. The maximum atomic E-state index is 5.84. The van der Waals surface area contributed by atoms with E-state index in [1.165, 1.54) is 25.7 Å². The minimum atomic E-state index is 0.535. The van der Waals surface area contributed by atoms with Gasteiger partial charge in [-0.05, 0) is 43.9 Å². The quantitative estimate of drug-likeness (QED) is 0.521. The van der Waals surface area contributed by atoms with E-state index < -0.39 is 0 Å². The Bertz CT molecular complexity index is 947. The Labute approximate surface area is 169 Å². The van der Waals surface area contributed by atoms with Gasteiger partial charge in [-0.2, -0.15) is 0 Å². The number of anilines is 1. The van der Waals surface area contributed by atoms with E-state index in [2.05, 4.69) is 45.8 Å². The lowest BCUT2D eigenvalue weighted by Crippen LogP contribution is -2.22. The third kappa shape index (κ3) is 3.62. The highest BCUT2D eigenvalue weighted by atomic mass is 79.9. The van der Waals surface area contributed by atoms with E-state index in [1.807, 2.05) is 24.3 Å². The standard InChI is InChI=1S/C18H19BrN6OS/c19-13-5-3-4-12(10-13)16-21-20-15(26-16)11-27-18-23-22-17(24-8-1-2-9-24)25(18)14-6-7-14/h3-5,10,14H,1-2,6-9,11H2. The molecule has 1 saturated heterocycles. The van der Waals surface area contributed by atoms with Crippen molar-refractivity contribution in [2.24, 2.45) is 0 Å². The van der Waals surface area contributed by atoms with Crippen molar-refractivity contribution >= 4 is 33.6 Å². The Morgan fingerprint density at radius 3 is 2.74 bits per heavy atom. The van der Waals surface area contributed by atoms with Crippen LogP contribution in [0.4, 0.5) is 5.95 Å². The van der Waals surface area contributed by atoms with Gasteiger partial charge in [0.25, 0.3) is 0 Å². The van der Waals surface area contributed by atoms with E-state index in [9.17, 15) is 0 Å². The molecule has 0 unspecified atom stereocenters. The second-order valence-corrected chi connectivity index (χ2v) is 8.74. The Balaban J connectivity index is 1.32. The van der Waals surface area contributed by atoms with Crippen LogP contribution >= 0.6 is 27.7 Å². The zero-order chi connectivity index (χ0) is 18.2. The van der Waals surface area contributed by atoms with Gasteiger partial charge in [-0.15, -0.1) is 20.4 Å². The second kappa shape index (κ2) is 7.27. The third-order valence-electron chi connectivity index (χ3n) is 4.81. The van der Waals surface area contributed by atoms with Crippen LogP contribution < -0.4 is 4.90 Å². The van der Waals surface area contributed by atoms with Gasteiger partial charge in [0, 0.05) is 29.2 Å². The van der Waals surface area contributed by atoms with E-state index in [0.717, 1.165) is 34.2 Å². The van der Waals surface area contributed by atoms with Gasteiger partial charge in [0.05, 0.1) is 5.75 Å². The molecule has 9 heteroatoms. The van der Waals surface area contributed by atoms with Crippen LogP contribution in [0.5, 0.6) is 0 Å². The van der Waals surface area contributed by atoms with Crippen molar-refractivity contribution < 1.29 is 4.42 Å². The highest BCUT2D eigenvalue weighted by Crippen LogP contribution is 2.41. The van der Waals surface area contributed by atoms with Gasteiger partial charge in [-0.25, -0.2) is 0 Å². The molecule has 1 aliphatic heterocycles. The molecule has 0 amide bonds. The normalized spacial score (nSPS) is 17.0. The predicted octanol–water partition coefficient (Wildman–Crippen LogP) is 4.32. The Morgan fingerprint density at radius 1 is 1.11 bits per heavy atom. The van der Waals surface area contributed by atoms with Gasteiger partial charge in [0.2, 0.25) is 17.7 Å². The smallest absolute Gasteiger partial charge is 0.247 e. The Hall–Kier alpha value is -1.87. The lowest BCUT2D eigenvalue weighted by molar-refractivity contribution is 0.528. The minimum absolute atomic E-state index is 0.535. The highest BCUT2D eigenvalue weighted by Gasteiger charge is 2.32. The predicted molar refractivity (Wildman–Crippen MR) is 107 cm³/mol. The summed E-state index contributed by atoms with van der Waals surface area (Å²) in [7, 11) is 0. The molecule has 3 aromatic rings. The summed E-state index contributed by atoms with van der Waals surface area (Å²) in [6.07, 6.45) is 4.89. The molecule has 2 aromatic heterocycles. The average molecular weight is 447 g/mol. The Kier molecular flexibility index (Phi) is 4.65. The van der Waals surface area contributed by atoms with E-state index in [4.69, 9.17) is 4.42 Å². The van der Waals surface area contributed by atoms with Gasteiger partial charge in [0.1, 0.15) is 0 Å². The van der Waals surface area contributed by atoms with Crippen LogP contribution in [0.25, 0.3) is 11.5 Å². The summed E-state index contributed by atoms with van der Waals surface area (Å²) < 4.78 is 9.13. The summed E-state index contributed by atoms with van der Waals surface area (Å²) in [5.41, 5.74) is 0.908. The van der Waals surface area contributed by atoms with Crippen LogP contribution in [0, 0.1) is 0 Å². The number of benzene rings is 1. The maximum Gasteiger partial charge on any atom is 0.247 e. The first kappa shape index (κ1) is 17.2. The third-order valence-corrected chi connectivity index (χ3v) is 6.23. The van der Waals surface area contributed by atoms with Gasteiger partial charge < -0.3 is 9.32 Å². The summed E-state index contributed by atoms with van der Waals surface area (Å²) in [4.78, 5) is 2.35. The molecule has 0 spiro atoms. The van der Waals surface area contributed by atoms with Crippen molar-refractivity contribution in [1.29, 1.82) is 0 Å². The molecule has 5 rings (SSSR count). The van der Waals surface area contributed by atoms with Crippen molar-refractivity contribution in [2.75, 3.05) is 18.0 Å². The summed E-state index contributed by atoms with van der Waals surface area (Å²) >= 11 is 5.09. The molecule has 0 atom stereocenters. The van der Waals surface area contributed by atoms with Crippen LogP contribution in [-0.4, -0.2) is 38.1 Å². The SMILES string of the molecule is Brc1cccc(-c2nnc(CSc3nnc(N4CCCC4)n3C3CC3)o2)c1. The number of rotatable bonds is 6. The molecule has 1 aromatic carbocycles. The lowest BCUT2D eigenvalue weighted by Gasteiger charge is -2.17. The highest BCUT2D eigenvalue weighted by molar-refractivity contribution is 9.10. The molecular weight excluding hydrogens is 428 g/mol. The van der Waals surface area contributed by atoms with E-state index in [1.54, 1.807) is 11.8 Å². The number of hydrogen-bond donors (Lipinski definition) is 0. The molecule has 7 nitrogen and oxygen atoms in total. The van der Waals surface area contributed by atoms with Gasteiger partial charge in [-0.1, -0.05) is 33.8 Å². The van der Waals surface area contributed by atoms with E-state index >= 15 is 0 Å². The van der Waals surface area contributed by atoms with Crippen molar-refractivity contribution in [2.45, 2.75) is 42.6 Å². The van der Waals surface area contributed by atoms with Crippen molar-refractivity contribution in [3.63, 3.8) is 0 Å². The number of hydrogen-bond acceptors (Lipinski definition) is 7. The monoisotopic (exact) mass is 446 g/mol. The number of aromatic nitrogens is 5. The first-order valence-electron chi connectivity index (χ1n) is 9.19. The molecule has 3 heterocycles. The first-order chi connectivity index (χ1) is 13.3. The van der Waals surface area contributed by atoms with Crippen LogP contribution in [-0.2, 0) is 5.75 Å². The lowest BCUT2D eigenvalue weighted by atomic mass is 10.2. The van der Waals surface area contributed by atoms with Crippen LogP contribution in [0.2, 0.25) is 0 Å². The van der Waals surface area contributed by atoms with Crippen LogP contribution in [0.1, 0.15) is 37.6 Å². The minimum Gasteiger partial charge on any atom is -0.420 e. The Morgan fingerprint density at radius 2 is 1.96 bits per heavy atom. The molecule has 140 valence electrons. The molecule has 1 saturated carbocycles. The number of thioether (sulfide) groups is 1. The van der Waals surface area contributed by atoms with E-state index in [-0.39, 0.29) is 0 Å². The first-order valence-corrected chi connectivity index (χ1v) is 11.0. The fraction of sp³-hybridized carbons (Fsp3) is 0.444. The van der Waals surface area contributed by atoms with Gasteiger partial charge in [0.15, 0.2) is 5.16 Å². The van der Waals surface area contributed by atoms with Crippen molar-refractivity contribution in [3.8, 4) is 11.5 Å². The fourth-order valence-electron chi connectivity index (χ4n) is 3.33. The molecule has 27 heavy (non-hydrogen) atoms. The summed E-state index contributed by atoms with van der Waals surface area (Å²) in [5, 5.41) is 18.2. The average Bonchev–Trinajstić information content (AvgIpc) is 3.09. The summed E-state index contributed by atoms with van der Waals surface area (Å²) in [6, 6.07) is 8.39. The molecule has 0 bridgehead atoms. The molecule has 1 aliphatic carbocycles. The largest absolute Gasteiger partial charge is 0.420 e. The molecular formula is C18H19BrN6OS. The topological polar surface area (TPSA) is 72.9 Å². The van der Waals surface area contributed by atoms with Crippen molar-refractivity contribution in [3.05, 3.63) is 34.6 Å². The van der Waals surface area contributed by atoms with Crippen LogP contribution in [0.15, 0.2) is 38.3 Å². The zero-order valence-electron chi connectivity index (χ0n) is 14.7. The van der Waals surface area contributed by atoms with Gasteiger partial charge >= 0.3 is 0 Å². The maximum absolute atomic E-state index is 5.84. The van der Waals surface area contributed by atoms with Crippen molar-refractivity contribution in [1.82, 2.24) is 25.0 Å². The van der Waals surface area contributed by atoms with E-state index in [0.29, 0.717) is 23.6 Å². The van der Waals surface area contributed by atoms with Crippen LogP contribution in [0.3, 0.4) is 0 Å². The molecule has 2 fully saturated rings. The number of nitrogens with zero attached hydrogens (tertiary/aromatic N) is 6. The zero-order valence-corrected chi connectivity index (χ0v) is 17.1. The molecule has 2 aliphatic rings. The summed E-state index contributed by atoms with van der Waals surface area (Å²) in [5.74, 6) is 2.75. The van der Waals surface area contributed by atoms with Gasteiger partial charge in [-0.3, -0.25) is 4.57 Å².